The second kappa shape index (κ2) is 7.45. The molecule has 5 heteroatoms. The van der Waals surface area contributed by atoms with Gasteiger partial charge in [-0.15, -0.1) is 24.0 Å². The Morgan fingerprint density at radius 1 is 1.44 bits per heavy atom. The highest BCUT2D eigenvalue weighted by Crippen LogP contribution is 2.18. The van der Waals surface area contributed by atoms with Gasteiger partial charge in [0.2, 0.25) is 0 Å². The molecular formula is C13H20IN3O. The van der Waals surface area contributed by atoms with Gasteiger partial charge in [-0.3, -0.25) is 4.99 Å². The molecule has 0 saturated heterocycles. The third-order valence-corrected chi connectivity index (χ3v) is 2.83. The Morgan fingerprint density at radius 3 is 2.94 bits per heavy atom. The number of hydrogen-bond acceptors (Lipinski definition) is 4. The van der Waals surface area contributed by atoms with E-state index in [-0.39, 0.29) is 24.0 Å². The Balaban J connectivity index is 0.00000162. The molecule has 1 aromatic carbocycles. The fraction of sp³-hybridized carbons (Fsp3) is 0.462. The van der Waals surface area contributed by atoms with Crippen molar-refractivity contribution < 1.29 is 4.74 Å². The first-order chi connectivity index (χ1) is 8.29. The van der Waals surface area contributed by atoms with Crippen molar-refractivity contribution in [3.8, 4) is 5.75 Å². The normalized spacial score (nSPS) is 14.0. The van der Waals surface area contributed by atoms with E-state index in [0.717, 1.165) is 43.3 Å². The van der Waals surface area contributed by atoms with E-state index in [1.165, 1.54) is 5.56 Å². The average Bonchev–Trinajstić information content (AvgIpc) is 2.39. The van der Waals surface area contributed by atoms with Crippen LogP contribution in [0.15, 0.2) is 23.2 Å². The van der Waals surface area contributed by atoms with Gasteiger partial charge in [0.25, 0.3) is 0 Å². The molecule has 1 aliphatic heterocycles. The zero-order chi connectivity index (χ0) is 12.1. The van der Waals surface area contributed by atoms with Crippen molar-refractivity contribution in [1.29, 1.82) is 0 Å². The lowest BCUT2D eigenvalue weighted by atomic mass is 10.1. The van der Waals surface area contributed by atoms with Crippen LogP contribution in [0.1, 0.15) is 17.5 Å². The second-order valence-electron chi connectivity index (χ2n) is 4.17. The van der Waals surface area contributed by atoms with Crippen LogP contribution in [0.2, 0.25) is 0 Å². The minimum Gasteiger partial charge on any atom is -0.496 e. The summed E-state index contributed by atoms with van der Waals surface area (Å²) in [6, 6.07) is 6.24. The van der Waals surface area contributed by atoms with Gasteiger partial charge >= 0.3 is 0 Å². The van der Waals surface area contributed by atoms with E-state index in [2.05, 4.69) is 33.8 Å². The molecule has 18 heavy (non-hydrogen) atoms. The van der Waals surface area contributed by atoms with E-state index in [9.17, 15) is 0 Å². The summed E-state index contributed by atoms with van der Waals surface area (Å²) in [5.41, 5.74) is 2.35. The summed E-state index contributed by atoms with van der Waals surface area (Å²) >= 11 is 0. The smallest absolute Gasteiger partial charge is 0.191 e. The quantitative estimate of drug-likeness (QED) is 0.811. The molecule has 0 unspecified atom stereocenters. The summed E-state index contributed by atoms with van der Waals surface area (Å²) in [5, 5.41) is 6.53. The largest absolute Gasteiger partial charge is 0.496 e. The first kappa shape index (κ1) is 15.1. The minimum atomic E-state index is 0. The van der Waals surface area contributed by atoms with Crippen molar-refractivity contribution in [2.45, 2.75) is 19.9 Å². The van der Waals surface area contributed by atoms with E-state index >= 15 is 0 Å². The lowest BCUT2D eigenvalue weighted by Gasteiger charge is -2.16. The molecule has 0 aromatic heterocycles. The molecule has 4 nitrogen and oxygen atoms in total. The van der Waals surface area contributed by atoms with Gasteiger partial charge < -0.3 is 15.4 Å². The number of rotatable bonds is 3. The number of methoxy groups -OCH3 is 1. The third kappa shape index (κ3) is 4.04. The molecule has 1 heterocycles. The van der Waals surface area contributed by atoms with E-state index in [4.69, 9.17) is 4.74 Å². The topological polar surface area (TPSA) is 45.6 Å². The minimum absolute atomic E-state index is 0. The lowest BCUT2D eigenvalue weighted by molar-refractivity contribution is 0.411. The molecule has 1 aliphatic rings. The Kier molecular flexibility index (Phi) is 6.24. The van der Waals surface area contributed by atoms with Crippen LogP contribution in [0.4, 0.5) is 0 Å². The molecule has 0 saturated carbocycles. The maximum Gasteiger partial charge on any atom is 0.191 e. The first-order valence-corrected chi connectivity index (χ1v) is 5.95. The third-order valence-electron chi connectivity index (χ3n) is 2.83. The molecule has 1 aromatic rings. The van der Waals surface area contributed by atoms with Gasteiger partial charge in [-0.05, 0) is 30.5 Å². The van der Waals surface area contributed by atoms with Gasteiger partial charge in [0.1, 0.15) is 5.75 Å². The number of benzene rings is 1. The van der Waals surface area contributed by atoms with Crippen LogP contribution in [0.25, 0.3) is 0 Å². The Bertz CT molecular complexity index is 421. The monoisotopic (exact) mass is 361 g/mol. The Morgan fingerprint density at radius 2 is 2.28 bits per heavy atom. The second-order valence-corrected chi connectivity index (χ2v) is 4.17. The van der Waals surface area contributed by atoms with Crippen molar-refractivity contribution in [2.24, 2.45) is 4.99 Å². The molecule has 100 valence electrons. The fourth-order valence-electron chi connectivity index (χ4n) is 1.81. The molecule has 0 atom stereocenters. The molecule has 0 aliphatic carbocycles. The number of guanidine groups is 1. The highest BCUT2D eigenvalue weighted by Gasteiger charge is 2.04. The molecular weight excluding hydrogens is 341 g/mol. The Labute approximate surface area is 125 Å². The van der Waals surface area contributed by atoms with Crippen LogP contribution in [-0.2, 0) is 6.54 Å². The zero-order valence-corrected chi connectivity index (χ0v) is 13.2. The molecule has 0 spiro atoms. The molecule has 2 rings (SSSR count). The van der Waals surface area contributed by atoms with E-state index in [1.54, 1.807) is 7.11 Å². The average molecular weight is 361 g/mol. The Hall–Kier alpha value is -0.980. The molecule has 0 fully saturated rings. The maximum atomic E-state index is 5.30. The summed E-state index contributed by atoms with van der Waals surface area (Å²) in [6.45, 7) is 4.72. The summed E-state index contributed by atoms with van der Waals surface area (Å²) in [4.78, 5) is 4.37. The van der Waals surface area contributed by atoms with E-state index in [1.807, 2.05) is 6.92 Å². The van der Waals surface area contributed by atoms with Gasteiger partial charge in [-0.25, -0.2) is 0 Å². The van der Waals surface area contributed by atoms with Crippen molar-refractivity contribution in [3.05, 3.63) is 29.3 Å². The number of nitrogens with zero attached hydrogens (tertiary/aromatic N) is 1. The zero-order valence-electron chi connectivity index (χ0n) is 10.8. The van der Waals surface area contributed by atoms with Gasteiger partial charge in [0.15, 0.2) is 5.96 Å². The number of hydrogen-bond donors (Lipinski definition) is 2. The fourth-order valence-corrected chi connectivity index (χ4v) is 1.81. The van der Waals surface area contributed by atoms with Crippen LogP contribution in [0.3, 0.4) is 0 Å². The predicted octanol–water partition coefficient (Wildman–Crippen LogP) is 2.06. The van der Waals surface area contributed by atoms with Gasteiger partial charge in [0.05, 0.1) is 7.11 Å². The van der Waals surface area contributed by atoms with Crippen LogP contribution >= 0.6 is 24.0 Å². The standard InChI is InChI=1S/C13H19N3O.HI/c1-10-4-5-11(8-12(10)17-2)9-16-13-14-6-3-7-15-13;/h4-5,8H,3,6-7,9H2,1-2H3,(H2,14,15,16);1H. The number of nitrogens with one attached hydrogen (secondary N) is 2. The van der Waals surface area contributed by atoms with Crippen LogP contribution in [0, 0.1) is 6.92 Å². The maximum absolute atomic E-state index is 5.30. The van der Waals surface area contributed by atoms with E-state index < -0.39 is 0 Å². The van der Waals surface area contributed by atoms with Crippen molar-refractivity contribution in [3.63, 3.8) is 0 Å². The van der Waals surface area contributed by atoms with Crippen molar-refractivity contribution in [1.82, 2.24) is 10.6 Å². The predicted molar refractivity (Wildman–Crippen MR) is 84.9 cm³/mol. The highest BCUT2D eigenvalue weighted by atomic mass is 127. The molecule has 0 radical (unpaired) electrons. The van der Waals surface area contributed by atoms with Gasteiger partial charge in [-0.1, -0.05) is 12.1 Å². The summed E-state index contributed by atoms with van der Waals surface area (Å²) in [7, 11) is 1.70. The lowest BCUT2D eigenvalue weighted by Crippen LogP contribution is -2.40. The molecule has 2 N–H and O–H groups in total. The van der Waals surface area contributed by atoms with Gasteiger partial charge in [0, 0.05) is 19.6 Å². The molecule has 0 bridgehead atoms. The first-order valence-electron chi connectivity index (χ1n) is 5.95. The van der Waals surface area contributed by atoms with Crippen LogP contribution in [-0.4, -0.2) is 26.2 Å². The SMILES string of the molecule is COc1cc(CNC2=NCCCN2)ccc1C.I. The van der Waals surface area contributed by atoms with Crippen molar-refractivity contribution in [2.75, 3.05) is 20.2 Å². The number of aryl methyl sites for hydroxylation is 1. The van der Waals surface area contributed by atoms with Crippen LogP contribution < -0.4 is 15.4 Å². The summed E-state index contributed by atoms with van der Waals surface area (Å²) in [6.07, 6.45) is 1.11. The highest BCUT2D eigenvalue weighted by molar-refractivity contribution is 14.0. The molecule has 0 amide bonds. The summed E-state index contributed by atoms with van der Waals surface area (Å²) in [5.74, 6) is 1.83. The summed E-state index contributed by atoms with van der Waals surface area (Å²) < 4.78 is 5.30. The van der Waals surface area contributed by atoms with Gasteiger partial charge in [-0.2, -0.15) is 0 Å². The number of halogens is 1. The van der Waals surface area contributed by atoms with E-state index in [0.29, 0.717) is 0 Å². The number of aliphatic imine (C=N–C) groups is 1. The van der Waals surface area contributed by atoms with Crippen molar-refractivity contribution >= 4 is 29.9 Å². The van der Waals surface area contributed by atoms with Crippen LogP contribution in [0.5, 0.6) is 5.75 Å². The number of ether oxygens (including phenoxy) is 1.